The zero-order valence-electron chi connectivity index (χ0n) is 9.61. The van der Waals surface area contributed by atoms with Gasteiger partial charge in [-0.15, -0.1) is 0 Å². The Kier molecular flexibility index (Phi) is 4.04. The first-order valence-electron chi connectivity index (χ1n) is 5.30. The van der Waals surface area contributed by atoms with E-state index in [1.807, 2.05) is 6.07 Å². The van der Waals surface area contributed by atoms with Crippen LogP contribution in [0.4, 0.5) is 4.39 Å². The van der Waals surface area contributed by atoms with Gasteiger partial charge in [0.25, 0.3) is 0 Å². The van der Waals surface area contributed by atoms with Crippen LogP contribution in [0.25, 0.3) is 0 Å². The summed E-state index contributed by atoms with van der Waals surface area (Å²) in [5.74, 6) is -0.339. The Labute approximate surface area is 114 Å². The third-order valence-corrected chi connectivity index (χ3v) is 3.64. The van der Waals surface area contributed by atoms with E-state index in [1.165, 1.54) is 30.8 Å². The van der Waals surface area contributed by atoms with Crippen LogP contribution in [0.2, 0.25) is 5.02 Å². The van der Waals surface area contributed by atoms with Crippen molar-refractivity contribution >= 4 is 29.1 Å². The van der Waals surface area contributed by atoms with Crippen LogP contribution in [0, 0.1) is 5.82 Å². The molecule has 0 atom stereocenters. The number of ketones is 1. The normalized spacial score (nSPS) is 10.4. The fourth-order valence-electron chi connectivity index (χ4n) is 1.51. The molecule has 1 nitrogen and oxygen atoms in total. The SMILES string of the molecule is CC(=O)c1ccc(Sc2cccc(F)c2)cc1Cl. The molecule has 0 saturated heterocycles. The van der Waals surface area contributed by atoms with E-state index in [1.54, 1.807) is 24.3 Å². The summed E-state index contributed by atoms with van der Waals surface area (Å²) in [7, 11) is 0. The first-order valence-corrected chi connectivity index (χ1v) is 6.49. The molecule has 0 aliphatic rings. The maximum absolute atomic E-state index is 13.0. The van der Waals surface area contributed by atoms with Gasteiger partial charge in [-0.05, 0) is 43.3 Å². The fraction of sp³-hybridized carbons (Fsp3) is 0.0714. The topological polar surface area (TPSA) is 17.1 Å². The first kappa shape index (κ1) is 13.1. The van der Waals surface area contributed by atoms with E-state index in [0.29, 0.717) is 10.6 Å². The third-order valence-electron chi connectivity index (χ3n) is 2.35. The molecule has 0 N–H and O–H groups in total. The standard InChI is InChI=1S/C14H10ClFOS/c1-9(17)13-6-5-12(8-14(13)15)18-11-4-2-3-10(16)7-11/h2-8H,1H3. The molecule has 4 heteroatoms. The molecule has 0 aromatic heterocycles. The van der Waals surface area contributed by atoms with E-state index in [-0.39, 0.29) is 11.6 Å². The first-order chi connectivity index (χ1) is 8.56. The number of halogens is 2. The molecule has 0 saturated carbocycles. The number of hydrogen-bond acceptors (Lipinski definition) is 2. The molecule has 0 fully saturated rings. The summed E-state index contributed by atoms with van der Waals surface area (Å²) in [6, 6.07) is 11.5. The van der Waals surface area contributed by atoms with Gasteiger partial charge in [0.2, 0.25) is 0 Å². The second kappa shape index (κ2) is 5.55. The van der Waals surface area contributed by atoms with Gasteiger partial charge >= 0.3 is 0 Å². The predicted molar refractivity (Wildman–Crippen MR) is 72.0 cm³/mol. The fourth-order valence-corrected chi connectivity index (χ4v) is 2.79. The molecule has 0 unspecified atom stereocenters. The molecule has 2 aromatic rings. The highest BCUT2D eigenvalue weighted by atomic mass is 35.5. The lowest BCUT2D eigenvalue weighted by Gasteiger charge is -2.05. The number of benzene rings is 2. The predicted octanol–water partition coefficient (Wildman–Crippen LogP) is 4.83. The Bertz CT molecular complexity index is 598. The molecule has 0 radical (unpaired) electrons. The van der Waals surface area contributed by atoms with Gasteiger partial charge in [-0.1, -0.05) is 29.4 Å². The lowest BCUT2D eigenvalue weighted by atomic mass is 10.1. The maximum atomic E-state index is 13.0. The van der Waals surface area contributed by atoms with E-state index >= 15 is 0 Å². The lowest BCUT2D eigenvalue weighted by Crippen LogP contribution is -1.92. The Morgan fingerprint density at radius 1 is 1.17 bits per heavy atom. The Balaban J connectivity index is 2.25. The van der Waals surface area contributed by atoms with Crippen molar-refractivity contribution in [1.29, 1.82) is 0 Å². The van der Waals surface area contributed by atoms with Gasteiger partial charge in [0.1, 0.15) is 5.82 Å². The average Bonchev–Trinajstić information content (AvgIpc) is 2.28. The maximum Gasteiger partial charge on any atom is 0.161 e. The highest BCUT2D eigenvalue weighted by Crippen LogP contribution is 2.31. The molecule has 0 aliphatic heterocycles. The van der Waals surface area contributed by atoms with Gasteiger partial charge in [-0.3, -0.25) is 4.79 Å². The van der Waals surface area contributed by atoms with Gasteiger partial charge in [-0.2, -0.15) is 0 Å². The van der Waals surface area contributed by atoms with Crippen molar-refractivity contribution in [1.82, 2.24) is 0 Å². The van der Waals surface area contributed by atoms with Crippen molar-refractivity contribution in [3.8, 4) is 0 Å². The smallest absolute Gasteiger partial charge is 0.161 e. The van der Waals surface area contributed by atoms with E-state index < -0.39 is 0 Å². The van der Waals surface area contributed by atoms with E-state index in [0.717, 1.165) is 9.79 Å². The van der Waals surface area contributed by atoms with Crippen LogP contribution < -0.4 is 0 Å². The number of carbonyl (C=O) groups is 1. The third kappa shape index (κ3) is 3.12. The van der Waals surface area contributed by atoms with E-state index in [2.05, 4.69) is 0 Å². The van der Waals surface area contributed by atoms with E-state index in [4.69, 9.17) is 11.6 Å². The minimum atomic E-state index is -0.272. The molecule has 2 aromatic carbocycles. The Morgan fingerprint density at radius 3 is 2.50 bits per heavy atom. The molecule has 0 heterocycles. The van der Waals surface area contributed by atoms with Crippen LogP contribution in [0.1, 0.15) is 17.3 Å². The van der Waals surface area contributed by atoms with Gasteiger partial charge in [0.15, 0.2) is 5.78 Å². The van der Waals surface area contributed by atoms with Gasteiger partial charge in [0, 0.05) is 15.4 Å². The van der Waals surface area contributed by atoms with Gasteiger partial charge in [-0.25, -0.2) is 4.39 Å². The van der Waals surface area contributed by atoms with Crippen LogP contribution in [0.5, 0.6) is 0 Å². The second-order valence-corrected chi connectivity index (χ2v) is 5.31. The highest BCUT2D eigenvalue weighted by molar-refractivity contribution is 7.99. The summed E-state index contributed by atoms with van der Waals surface area (Å²) < 4.78 is 13.0. The molecule has 0 bridgehead atoms. The van der Waals surface area contributed by atoms with Crippen LogP contribution in [-0.2, 0) is 0 Å². The Morgan fingerprint density at radius 2 is 1.89 bits per heavy atom. The molecular formula is C14H10ClFOS. The largest absolute Gasteiger partial charge is 0.294 e. The van der Waals surface area contributed by atoms with Gasteiger partial charge < -0.3 is 0 Å². The molecule has 18 heavy (non-hydrogen) atoms. The molecular weight excluding hydrogens is 271 g/mol. The van der Waals surface area contributed by atoms with Crippen molar-refractivity contribution in [2.45, 2.75) is 16.7 Å². The number of Topliss-reactive ketones (excluding diaryl/α,β-unsaturated/α-hetero) is 1. The molecule has 0 aliphatic carbocycles. The van der Waals surface area contributed by atoms with Crippen LogP contribution >= 0.6 is 23.4 Å². The quantitative estimate of drug-likeness (QED) is 0.749. The number of hydrogen-bond donors (Lipinski definition) is 0. The summed E-state index contributed by atoms with van der Waals surface area (Å²) in [4.78, 5) is 12.9. The summed E-state index contributed by atoms with van der Waals surface area (Å²) in [6.07, 6.45) is 0. The molecule has 2 rings (SSSR count). The summed E-state index contributed by atoms with van der Waals surface area (Å²) in [5, 5.41) is 0.420. The molecule has 92 valence electrons. The van der Waals surface area contributed by atoms with Crippen molar-refractivity contribution in [2.24, 2.45) is 0 Å². The zero-order valence-corrected chi connectivity index (χ0v) is 11.2. The summed E-state index contributed by atoms with van der Waals surface area (Å²) in [5.41, 5.74) is 0.500. The highest BCUT2D eigenvalue weighted by Gasteiger charge is 2.07. The van der Waals surface area contributed by atoms with Crippen molar-refractivity contribution in [2.75, 3.05) is 0 Å². The van der Waals surface area contributed by atoms with Crippen LogP contribution in [-0.4, -0.2) is 5.78 Å². The second-order valence-electron chi connectivity index (χ2n) is 3.76. The van der Waals surface area contributed by atoms with Crippen molar-refractivity contribution in [3.05, 3.63) is 58.9 Å². The average molecular weight is 281 g/mol. The van der Waals surface area contributed by atoms with Gasteiger partial charge in [0.05, 0.1) is 5.02 Å². The molecule has 0 amide bonds. The molecule has 0 spiro atoms. The van der Waals surface area contributed by atoms with Crippen molar-refractivity contribution < 1.29 is 9.18 Å². The Hall–Kier alpha value is -1.32. The van der Waals surface area contributed by atoms with E-state index in [9.17, 15) is 9.18 Å². The lowest BCUT2D eigenvalue weighted by molar-refractivity contribution is 0.101. The zero-order chi connectivity index (χ0) is 13.1. The van der Waals surface area contributed by atoms with Crippen molar-refractivity contribution in [3.63, 3.8) is 0 Å². The minimum absolute atomic E-state index is 0.0673. The number of carbonyl (C=O) groups excluding carboxylic acids is 1. The summed E-state index contributed by atoms with van der Waals surface area (Å²) in [6.45, 7) is 1.47. The van der Waals surface area contributed by atoms with Crippen LogP contribution in [0.3, 0.4) is 0 Å². The summed E-state index contributed by atoms with van der Waals surface area (Å²) >= 11 is 7.41. The minimum Gasteiger partial charge on any atom is -0.294 e. The number of rotatable bonds is 3. The monoisotopic (exact) mass is 280 g/mol. The van der Waals surface area contributed by atoms with Crippen LogP contribution in [0.15, 0.2) is 52.3 Å².